The second-order valence-corrected chi connectivity index (χ2v) is 7.65. The number of aryl methyl sites for hydroxylation is 1. The number of amides is 1. The maximum atomic E-state index is 12.7. The van der Waals surface area contributed by atoms with Crippen molar-refractivity contribution in [1.82, 2.24) is 34.3 Å². The molecule has 3 aromatic heterocycles. The number of hydrogen-bond donors (Lipinski definition) is 1. The Bertz CT molecular complexity index is 1040. The van der Waals surface area contributed by atoms with Crippen molar-refractivity contribution >= 4 is 11.6 Å². The van der Waals surface area contributed by atoms with Crippen molar-refractivity contribution in [1.29, 1.82) is 0 Å². The lowest BCUT2D eigenvalue weighted by Gasteiger charge is -2.33. The van der Waals surface area contributed by atoms with Crippen LogP contribution in [0.1, 0.15) is 42.6 Å². The van der Waals surface area contributed by atoms with E-state index < -0.39 is 0 Å². The number of H-pyrrole nitrogens is 1. The third-order valence-electron chi connectivity index (χ3n) is 5.70. The number of carbonyl (C=O) groups is 1. The van der Waals surface area contributed by atoms with E-state index in [0.29, 0.717) is 30.8 Å². The number of aromatic nitrogens is 6. The highest BCUT2D eigenvalue weighted by Gasteiger charge is 2.28. The summed E-state index contributed by atoms with van der Waals surface area (Å²) in [4.78, 5) is 35.5. The van der Waals surface area contributed by atoms with Crippen LogP contribution in [0, 0.1) is 19.8 Å². The molecule has 0 spiro atoms. The molecule has 3 aromatic rings. The maximum Gasteiger partial charge on any atom is 0.275 e. The number of hydrogen-bond acceptors (Lipinski definition) is 5. The van der Waals surface area contributed by atoms with E-state index in [4.69, 9.17) is 0 Å². The van der Waals surface area contributed by atoms with E-state index >= 15 is 0 Å². The van der Waals surface area contributed by atoms with Crippen molar-refractivity contribution in [3.8, 4) is 0 Å². The first-order chi connectivity index (χ1) is 13.4. The molecule has 1 aliphatic rings. The van der Waals surface area contributed by atoms with Crippen LogP contribution in [-0.4, -0.2) is 53.3 Å². The van der Waals surface area contributed by atoms with Crippen molar-refractivity contribution in [2.24, 2.45) is 5.92 Å². The predicted molar refractivity (Wildman–Crippen MR) is 103 cm³/mol. The van der Waals surface area contributed by atoms with Gasteiger partial charge in [-0.2, -0.15) is 5.10 Å². The summed E-state index contributed by atoms with van der Waals surface area (Å²) >= 11 is 0. The minimum Gasteiger partial charge on any atom is -0.342 e. The van der Waals surface area contributed by atoms with Crippen LogP contribution in [-0.2, 0) is 11.3 Å². The zero-order valence-corrected chi connectivity index (χ0v) is 16.4. The molecule has 4 heterocycles. The molecule has 148 valence electrons. The quantitative estimate of drug-likeness (QED) is 0.731. The highest BCUT2D eigenvalue weighted by atomic mass is 16.2. The topological polar surface area (TPSA) is 101 Å². The molecule has 1 atom stereocenters. The van der Waals surface area contributed by atoms with Crippen LogP contribution in [0.4, 0.5) is 0 Å². The Hall–Kier alpha value is -2.97. The molecule has 1 unspecified atom stereocenters. The van der Waals surface area contributed by atoms with Gasteiger partial charge in [0.2, 0.25) is 5.91 Å². The zero-order chi connectivity index (χ0) is 19.8. The second-order valence-electron chi connectivity index (χ2n) is 7.65. The molecule has 9 heteroatoms. The lowest BCUT2D eigenvalue weighted by molar-refractivity contribution is -0.136. The summed E-state index contributed by atoms with van der Waals surface area (Å²) in [7, 11) is 0. The van der Waals surface area contributed by atoms with Crippen molar-refractivity contribution < 1.29 is 4.79 Å². The average Bonchev–Trinajstić information content (AvgIpc) is 3.35. The fraction of sp³-hybridized carbons (Fsp3) is 0.526. The number of carbonyl (C=O) groups excluding carboxylic acids is 1. The van der Waals surface area contributed by atoms with Gasteiger partial charge < -0.3 is 4.90 Å². The molecule has 1 amide bonds. The lowest BCUT2D eigenvalue weighted by Crippen LogP contribution is -2.41. The molecule has 0 saturated carbocycles. The van der Waals surface area contributed by atoms with Crippen LogP contribution in [0.3, 0.4) is 0 Å². The van der Waals surface area contributed by atoms with Gasteiger partial charge in [0.25, 0.3) is 5.56 Å². The van der Waals surface area contributed by atoms with E-state index in [1.54, 1.807) is 17.9 Å². The predicted octanol–water partition coefficient (Wildman–Crippen LogP) is 1.27. The van der Waals surface area contributed by atoms with Crippen molar-refractivity contribution in [2.75, 3.05) is 13.1 Å². The number of nitrogens with zero attached hydrogens (tertiary/aromatic N) is 6. The molecule has 9 nitrogen and oxygen atoms in total. The minimum atomic E-state index is -0.139. The van der Waals surface area contributed by atoms with Crippen LogP contribution >= 0.6 is 0 Å². The summed E-state index contributed by atoms with van der Waals surface area (Å²) in [6, 6.07) is 1.96. The SMILES string of the molecule is Cc1nc2cc(C3CCN(C(=O)C(C)Cn4cncn4)CC3)[nH]n2c(=O)c1C. The average molecular weight is 383 g/mol. The summed E-state index contributed by atoms with van der Waals surface area (Å²) in [5.41, 5.74) is 3.04. The molecular formula is C19H25N7O2. The number of likely N-dealkylation sites (tertiary alicyclic amines) is 1. The van der Waals surface area contributed by atoms with Gasteiger partial charge in [0.05, 0.1) is 12.5 Å². The van der Waals surface area contributed by atoms with Gasteiger partial charge in [0.15, 0.2) is 5.65 Å². The van der Waals surface area contributed by atoms with Crippen LogP contribution < -0.4 is 5.56 Å². The minimum absolute atomic E-state index is 0.0525. The Morgan fingerprint density at radius 2 is 2.07 bits per heavy atom. The number of piperidine rings is 1. The summed E-state index contributed by atoms with van der Waals surface area (Å²) in [6.45, 7) is 7.53. The first kappa shape index (κ1) is 18.4. The summed E-state index contributed by atoms with van der Waals surface area (Å²) in [5, 5.41) is 7.29. The third-order valence-corrected chi connectivity index (χ3v) is 5.70. The van der Waals surface area contributed by atoms with Crippen LogP contribution in [0.15, 0.2) is 23.5 Å². The fourth-order valence-electron chi connectivity index (χ4n) is 3.85. The van der Waals surface area contributed by atoms with E-state index in [0.717, 1.165) is 24.2 Å². The molecule has 28 heavy (non-hydrogen) atoms. The second kappa shape index (κ2) is 7.21. The van der Waals surface area contributed by atoms with E-state index in [1.165, 1.54) is 10.8 Å². The molecule has 1 saturated heterocycles. The standard InChI is InChI=1S/C19H25N7O2/c1-12(9-25-11-20-10-21-25)18(27)24-6-4-15(5-7-24)16-8-17-22-14(3)13(2)19(28)26(17)23-16/h8,10-12,15,23H,4-7,9H2,1-3H3. The molecular weight excluding hydrogens is 358 g/mol. The van der Waals surface area contributed by atoms with Gasteiger partial charge in [-0.1, -0.05) is 6.92 Å². The van der Waals surface area contributed by atoms with Gasteiger partial charge in [0, 0.05) is 42.0 Å². The van der Waals surface area contributed by atoms with E-state index in [9.17, 15) is 9.59 Å². The number of aromatic amines is 1. The first-order valence-electron chi connectivity index (χ1n) is 9.64. The molecule has 4 rings (SSSR count). The molecule has 0 bridgehead atoms. The smallest absolute Gasteiger partial charge is 0.275 e. The van der Waals surface area contributed by atoms with Gasteiger partial charge in [-0.3, -0.25) is 19.4 Å². The summed E-state index contributed by atoms with van der Waals surface area (Å²) < 4.78 is 3.21. The van der Waals surface area contributed by atoms with Crippen LogP contribution in [0.25, 0.3) is 5.65 Å². The molecule has 1 fully saturated rings. The largest absolute Gasteiger partial charge is 0.342 e. The normalized spacial score (nSPS) is 16.6. The molecule has 0 aromatic carbocycles. The Labute approximate surface area is 162 Å². The van der Waals surface area contributed by atoms with Gasteiger partial charge in [-0.25, -0.2) is 14.5 Å². The van der Waals surface area contributed by atoms with Gasteiger partial charge in [0.1, 0.15) is 12.7 Å². The van der Waals surface area contributed by atoms with E-state index in [2.05, 4.69) is 20.2 Å². The summed E-state index contributed by atoms with van der Waals surface area (Å²) in [5.74, 6) is 0.297. The van der Waals surface area contributed by atoms with Crippen molar-refractivity contribution in [3.63, 3.8) is 0 Å². The van der Waals surface area contributed by atoms with Crippen molar-refractivity contribution in [2.45, 2.75) is 46.1 Å². The van der Waals surface area contributed by atoms with Crippen molar-refractivity contribution in [3.05, 3.63) is 46.0 Å². The fourth-order valence-corrected chi connectivity index (χ4v) is 3.85. The first-order valence-corrected chi connectivity index (χ1v) is 9.64. The van der Waals surface area contributed by atoms with E-state index in [-0.39, 0.29) is 23.3 Å². The molecule has 1 aliphatic heterocycles. The maximum absolute atomic E-state index is 12.7. The molecule has 1 N–H and O–H groups in total. The Morgan fingerprint density at radius 1 is 1.32 bits per heavy atom. The summed E-state index contributed by atoms with van der Waals surface area (Å²) in [6.07, 6.45) is 4.83. The number of fused-ring (bicyclic) bond motifs is 1. The van der Waals surface area contributed by atoms with Crippen LogP contribution in [0.5, 0.6) is 0 Å². The van der Waals surface area contributed by atoms with Gasteiger partial charge >= 0.3 is 0 Å². The van der Waals surface area contributed by atoms with Gasteiger partial charge in [-0.05, 0) is 26.7 Å². The van der Waals surface area contributed by atoms with Gasteiger partial charge in [-0.15, -0.1) is 0 Å². The highest BCUT2D eigenvalue weighted by molar-refractivity contribution is 5.78. The Balaban J connectivity index is 1.42. The monoisotopic (exact) mass is 383 g/mol. The third kappa shape index (κ3) is 3.32. The Kier molecular flexibility index (Phi) is 4.74. The van der Waals surface area contributed by atoms with Crippen LogP contribution in [0.2, 0.25) is 0 Å². The molecule has 0 radical (unpaired) electrons. The molecule has 0 aliphatic carbocycles. The zero-order valence-electron chi connectivity index (χ0n) is 16.4. The van der Waals surface area contributed by atoms with E-state index in [1.807, 2.05) is 24.8 Å². The highest BCUT2D eigenvalue weighted by Crippen LogP contribution is 2.28. The lowest BCUT2D eigenvalue weighted by atomic mass is 9.93. The number of nitrogens with one attached hydrogen (secondary N) is 1. The Morgan fingerprint density at radius 3 is 2.75 bits per heavy atom. The number of rotatable bonds is 4.